The molecule has 0 saturated carbocycles. The lowest BCUT2D eigenvalue weighted by atomic mass is 10.0. The second kappa shape index (κ2) is 6.40. The second-order valence-corrected chi connectivity index (χ2v) is 5.09. The molecule has 0 fully saturated rings. The van der Waals surface area contributed by atoms with Gasteiger partial charge < -0.3 is 15.8 Å². The molecule has 1 rings (SSSR count). The monoisotopic (exact) mass is 250 g/mol. The molecule has 0 unspecified atom stereocenters. The zero-order valence-electron chi connectivity index (χ0n) is 11.3. The van der Waals surface area contributed by atoms with E-state index in [1.165, 1.54) is 0 Å². The van der Waals surface area contributed by atoms with E-state index in [4.69, 9.17) is 10.5 Å². The van der Waals surface area contributed by atoms with Crippen LogP contribution in [0, 0.1) is 0 Å². The SMILES string of the molecule is CCCOc1ccc(NC(=O)CC(C)(C)N)cc1. The van der Waals surface area contributed by atoms with Crippen molar-refractivity contribution in [2.45, 2.75) is 39.2 Å². The minimum absolute atomic E-state index is 0.0790. The van der Waals surface area contributed by atoms with Crippen LogP contribution in [0.5, 0.6) is 5.75 Å². The van der Waals surface area contributed by atoms with E-state index >= 15 is 0 Å². The number of amides is 1. The Hall–Kier alpha value is -1.55. The Morgan fingerprint density at radius 1 is 1.33 bits per heavy atom. The summed E-state index contributed by atoms with van der Waals surface area (Å²) in [4.78, 5) is 11.7. The number of carbonyl (C=O) groups is 1. The minimum Gasteiger partial charge on any atom is -0.494 e. The number of carbonyl (C=O) groups excluding carboxylic acids is 1. The highest BCUT2D eigenvalue weighted by Gasteiger charge is 2.16. The summed E-state index contributed by atoms with van der Waals surface area (Å²) >= 11 is 0. The first kappa shape index (κ1) is 14.5. The molecule has 4 nitrogen and oxygen atoms in total. The van der Waals surface area contributed by atoms with Gasteiger partial charge in [-0.15, -0.1) is 0 Å². The van der Waals surface area contributed by atoms with Gasteiger partial charge >= 0.3 is 0 Å². The first-order chi connectivity index (χ1) is 8.40. The molecule has 18 heavy (non-hydrogen) atoms. The molecule has 0 atom stereocenters. The number of hydrogen-bond donors (Lipinski definition) is 2. The smallest absolute Gasteiger partial charge is 0.226 e. The molecule has 1 aromatic carbocycles. The third-order valence-corrected chi connectivity index (χ3v) is 2.23. The summed E-state index contributed by atoms with van der Waals surface area (Å²) in [7, 11) is 0. The molecule has 0 bridgehead atoms. The van der Waals surface area contributed by atoms with E-state index in [-0.39, 0.29) is 5.91 Å². The average Bonchev–Trinajstić information content (AvgIpc) is 2.25. The summed E-state index contributed by atoms with van der Waals surface area (Å²) < 4.78 is 5.46. The van der Waals surface area contributed by atoms with Crippen molar-refractivity contribution in [2.75, 3.05) is 11.9 Å². The largest absolute Gasteiger partial charge is 0.494 e. The van der Waals surface area contributed by atoms with Crippen molar-refractivity contribution in [3.63, 3.8) is 0 Å². The Kier molecular flexibility index (Phi) is 5.16. The number of nitrogens with two attached hydrogens (primary N) is 1. The average molecular weight is 250 g/mol. The van der Waals surface area contributed by atoms with Crippen LogP contribution in [0.1, 0.15) is 33.6 Å². The van der Waals surface area contributed by atoms with Crippen molar-refractivity contribution in [3.05, 3.63) is 24.3 Å². The van der Waals surface area contributed by atoms with Gasteiger partial charge in [-0.25, -0.2) is 0 Å². The maximum atomic E-state index is 11.7. The van der Waals surface area contributed by atoms with E-state index in [9.17, 15) is 4.79 Å². The fourth-order valence-corrected chi connectivity index (χ4v) is 1.47. The quantitative estimate of drug-likeness (QED) is 0.815. The van der Waals surface area contributed by atoms with Gasteiger partial charge in [-0.2, -0.15) is 0 Å². The first-order valence-corrected chi connectivity index (χ1v) is 6.22. The lowest BCUT2D eigenvalue weighted by molar-refractivity contribution is -0.117. The standard InChI is InChI=1S/C14H22N2O2/c1-4-9-18-12-7-5-11(6-8-12)16-13(17)10-14(2,3)15/h5-8H,4,9-10,15H2,1-3H3,(H,16,17). The van der Waals surface area contributed by atoms with E-state index in [0.29, 0.717) is 13.0 Å². The van der Waals surface area contributed by atoms with Crippen LogP contribution >= 0.6 is 0 Å². The third-order valence-electron chi connectivity index (χ3n) is 2.23. The number of nitrogens with one attached hydrogen (secondary N) is 1. The molecule has 0 spiro atoms. The predicted molar refractivity (Wildman–Crippen MR) is 73.7 cm³/mol. The topological polar surface area (TPSA) is 64.3 Å². The molecule has 0 aliphatic rings. The van der Waals surface area contributed by atoms with Gasteiger partial charge in [-0.05, 0) is 44.5 Å². The molecule has 0 radical (unpaired) electrons. The lowest BCUT2D eigenvalue weighted by Crippen LogP contribution is -2.36. The van der Waals surface area contributed by atoms with Crippen molar-refractivity contribution in [3.8, 4) is 5.75 Å². The molecule has 1 amide bonds. The van der Waals surface area contributed by atoms with Crippen molar-refractivity contribution in [1.29, 1.82) is 0 Å². The fraction of sp³-hybridized carbons (Fsp3) is 0.500. The van der Waals surface area contributed by atoms with Gasteiger partial charge in [0.25, 0.3) is 0 Å². The molecular weight excluding hydrogens is 228 g/mol. The van der Waals surface area contributed by atoms with Crippen LogP contribution in [0.15, 0.2) is 24.3 Å². The number of anilines is 1. The number of hydrogen-bond acceptors (Lipinski definition) is 3. The Labute approximate surface area is 109 Å². The summed E-state index contributed by atoms with van der Waals surface area (Å²) in [5, 5.41) is 2.81. The molecule has 0 aliphatic heterocycles. The molecule has 0 aromatic heterocycles. The van der Waals surface area contributed by atoms with E-state index < -0.39 is 5.54 Å². The van der Waals surface area contributed by atoms with Crippen LogP contribution in [-0.2, 0) is 4.79 Å². The van der Waals surface area contributed by atoms with Crippen LogP contribution < -0.4 is 15.8 Å². The number of benzene rings is 1. The summed E-state index contributed by atoms with van der Waals surface area (Å²) in [6, 6.07) is 7.34. The van der Waals surface area contributed by atoms with Crippen LogP contribution in [0.25, 0.3) is 0 Å². The maximum Gasteiger partial charge on any atom is 0.226 e. The van der Waals surface area contributed by atoms with E-state index in [1.807, 2.05) is 38.1 Å². The molecule has 3 N–H and O–H groups in total. The summed E-state index contributed by atoms with van der Waals surface area (Å²) in [6.45, 7) is 6.42. The highest BCUT2D eigenvalue weighted by atomic mass is 16.5. The second-order valence-electron chi connectivity index (χ2n) is 5.09. The Bertz CT molecular complexity index is 380. The van der Waals surface area contributed by atoms with Gasteiger partial charge in [-0.3, -0.25) is 4.79 Å². The van der Waals surface area contributed by atoms with Gasteiger partial charge in [0.2, 0.25) is 5.91 Å². The maximum absolute atomic E-state index is 11.7. The van der Waals surface area contributed by atoms with Gasteiger partial charge in [0.05, 0.1) is 6.61 Å². The van der Waals surface area contributed by atoms with E-state index in [0.717, 1.165) is 17.9 Å². The molecule has 4 heteroatoms. The Balaban J connectivity index is 2.50. The Morgan fingerprint density at radius 2 is 1.94 bits per heavy atom. The highest BCUT2D eigenvalue weighted by Crippen LogP contribution is 2.16. The van der Waals surface area contributed by atoms with Crippen LogP contribution in [-0.4, -0.2) is 18.1 Å². The van der Waals surface area contributed by atoms with Crippen molar-refractivity contribution >= 4 is 11.6 Å². The fourth-order valence-electron chi connectivity index (χ4n) is 1.47. The predicted octanol–water partition coefficient (Wildman–Crippen LogP) is 2.54. The highest BCUT2D eigenvalue weighted by molar-refractivity contribution is 5.91. The Morgan fingerprint density at radius 3 is 2.44 bits per heavy atom. The number of rotatable bonds is 6. The van der Waals surface area contributed by atoms with Crippen molar-refractivity contribution < 1.29 is 9.53 Å². The summed E-state index contributed by atoms with van der Waals surface area (Å²) in [6.07, 6.45) is 1.27. The van der Waals surface area contributed by atoms with Crippen LogP contribution in [0.3, 0.4) is 0 Å². The number of ether oxygens (including phenoxy) is 1. The van der Waals surface area contributed by atoms with Crippen LogP contribution in [0.2, 0.25) is 0 Å². The normalized spacial score (nSPS) is 11.1. The lowest BCUT2D eigenvalue weighted by Gasteiger charge is -2.17. The van der Waals surface area contributed by atoms with Gasteiger partial charge in [-0.1, -0.05) is 6.92 Å². The summed E-state index contributed by atoms with van der Waals surface area (Å²) in [5.74, 6) is 0.735. The van der Waals surface area contributed by atoms with Crippen LogP contribution in [0.4, 0.5) is 5.69 Å². The molecule has 1 aromatic rings. The van der Waals surface area contributed by atoms with Crippen molar-refractivity contribution in [2.24, 2.45) is 5.73 Å². The summed E-state index contributed by atoms with van der Waals surface area (Å²) in [5.41, 5.74) is 6.05. The molecule has 0 saturated heterocycles. The zero-order chi connectivity index (χ0) is 13.6. The molecule has 0 heterocycles. The minimum atomic E-state index is -0.492. The van der Waals surface area contributed by atoms with E-state index in [2.05, 4.69) is 12.2 Å². The van der Waals surface area contributed by atoms with Gasteiger partial charge in [0.1, 0.15) is 5.75 Å². The first-order valence-electron chi connectivity index (χ1n) is 6.22. The molecular formula is C14H22N2O2. The van der Waals surface area contributed by atoms with Crippen molar-refractivity contribution in [1.82, 2.24) is 0 Å². The zero-order valence-corrected chi connectivity index (χ0v) is 11.3. The third kappa shape index (κ3) is 5.68. The van der Waals surface area contributed by atoms with Gasteiger partial charge in [0.15, 0.2) is 0 Å². The van der Waals surface area contributed by atoms with Gasteiger partial charge in [0, 0.05) is 17.6 Å². The van der Waals surface area contributed by atoms with E-state index in [1.54, 1.807) is 0 Å². The molecule has 0 aliphatic carbocycles. The molecule has 100 valence electrons.